The number of morpholine rings is 1. The van der Waals surface area contributed by atoms with Crippen molar-refractivity contribution < 1.29 is 9.84 Å². The average molecular weight is 215 g/mol. The number of rotatable bonds is 5. The largest absolute Gasteiger partial charge is 0.390 e. The zero-order valence-corrected chi connectivity index (χ0v) is 10.3. The van der Waals surface area contributed by atoms with Gasteiger partial charge >= 0.3 is 0 Å². The summed E-state index contributed by atoms with van der Waals surface area (Å²) in [7, 11) is 2.08. The van der Waals surface area contributed by atoms with E-state index < -0.39 is 0 Å². The van der Waals surface area contributed by atoms with Crippen molar-refractivity contribution in [2.75, 3.05) is 26.7 Å². The molecule has 1 N–H and O–H groups in total. The SMILES string of the molecule is CCC(CC)CC(O)C1CN(C)CCO1. The first-order valence-corrected chi connectivity index (χ1v) is 6.15. The summed E-state index contributed by atoms with van der Waals surface area (Å²) >= 11 is 0. The molecule has 1 saturated heterocycles. The van der Waals surface area contributed by atoms with Crippen molar-refractivity contribution in [2.45, 2.75) is 45.3 Å². The van der Waals surface area contributed by atoms with Crippen LogP contribution in [0, 0.1) is 5.92 Å². The van der Waals surface area contributed by atoms with Gasteiger partial charge in [-0.25, -0.2) is 0 Å². The molecule has 0 saturated carbocycles. The van der Waals surface area contributed by atoms with Crippen LogP contribution in [0.5, 0.6) is 0 Å². The standard InChI is InChI=1S/C12H25NO2/c1-4-10(5-2)8-11(14)12-9-13(3)6-7-15-12/h10-12,14H,4-9H2,1-3H3. The molecule has 1 aliphatic heterocycles. The van der Waals surface area contributed by atoms with Gasteiger partial charge in [-0.2, -0.15) is 0 Å². The van der Waals surface area contributed by atoms with Gasteiger partial charge in [0.1, 0.15) is 0 Å². The van der Waals surface area contributed by atoms with Crippen LogP contribution in [-0.4, -0.2) is 49.0 Å². The maximum absolute atomic E-state index is 10.1. The molecule has 2 unspecified atom stereocenters. The molecular weight excluding hydrogens is 190 g/mol. The minimum atomic E-state index is -0.294. The lowest BCUT2D eigenvalue weighted by Crippen LogP contribution is -2.46. The number of likely N-dealkylation sites (N-methyl/N-ethyl adjacent to an activating group) is 1. The molecule has 90 valence electrons. The highest BCUT2D eigenvalue weighted by Crippen LogP contribution is 2.19. The van der Waals surface area contributed by atoms with Crippen LogP contribution in [0.25, 0.3) is 0 Å². The van der Waals surface area contributed by atoms with Crippen LogP contribution in [0.15, 0.2) is 0 Å². The monoisotopic (exact) mass is 215 g/mol. The number of aliphatic hydroxyl groups excluding tert-OH is 1. The lowest BCUT2D eigenvalue weighted by Gasteiger charge is -2.34. The number of nitrogens with zero attached hydrogens (tertiary/aromatic N) is 1. The Balaban J connectivity index is 2.34. The molecule has 1 rings (SSSR count). The molecule has 2 atom stereocenters. The van der Waals surface area contributed by atoms with Gasteiger partial charge in [0.15, 0.2) is 0 Å². The van der Waals surface area contributed by atoms with Gasteiger partial charge in [-0.15, -0.1) is 0 Å². The Morgan fingerprint density at radius 3 is 2.60 bits per heavy atom. The number of hydrogen-bond acceptors (Lipinski definition) is 3. The van der Waals surface area contributed by atoms with Crippen molar-refractivity contribution in [1.29, 1.82) is 0 Å². The van der Waals surface area contributed by atoms with Crippen molar-refractivity contribution >= 4 is 0 Å². The Morgan fingerprint density at radius 2 is 2.07 bits per heavy atom. The third kappa shape index (κ3) is 4.09. The first kappa shape index (κ1) is 12.9. The lowest BCUT2D eigenvalue weighted by molar-refractivity contribution is -0.0891. The molecule has 0 aromatic carbocycles. The van der Waals surface area contributed by atoms with Gasteiger partial charge in [0.2, 0.25) is 0 Å². The smallest absolute Gasteiger partial charge is 0.0960 e. The van der Waals surface area contributed by atoms with Gasteiger partial charge in [0, 0.05) is 13.1 Å². The van der Waals surface area contributed by atoms with E-state index in [9.17, 15) is 5.11 Å². The topological polar surface area (TPSA) is 32.7 Å². The lowest BCUT2D eigenvalue weighted by atomic mass is 9.93. The Hall–Kier alpha value is -0.120. The highest BCUT2D eigenvalue weighted by molar-refractivity contribution is 4.77. The summed E-state index contributed by atoms with van der Waals surface area (Å²) in [5, 5.41) is 10.1. The van der Waals surface area contributed by atoms with Gasteiger partial charge in [-0.3, -0.25) is 0 Å². The molecule has 3 heteroatoms. The average Bonchev–Trinajstić information content (AvgIpc) is 2.25. The first-order valence-electron chi connectivity index (χ1n) is 6.15. The Bertz CT molecular complexity index is 171. The zero-order chi connectivity index (χ0) is 11.3. The van der Waals surface area contributed by atoms with Crippen molar-refractivity contribution in [2.24, 2.45) is 5.92 Å². The molecule has 1 aliphatic rings. The molecule has 0 bridgehead atoms. The molecule has 0 aromatic rings. The van der Waals surface area contributed by atoms with E-state index in [1.54, 1.807) is 0 Å². The van der Waals surface area contributed by atoms with Gasteiger partial charge in [0.05, 0.1) is 18.8 Å². The third-order valence-electron chi connectivity index (χ3n) is 3.46. The first-order chi connectivity index (χ1) is 7.17. The van der Waals surface area contributed by atoms with Gasteiger partial charge < -0.3 is 14.7 Å². The van der Waals surface area contributed by atoms with Crippen LogP contribution in [0.2, 0.25) is 0 Å². The molecule has 0 aliphatic carbocycles. The normalized spacial score (nSPS) is 25.8. The van der Waals surface area contributed by atoms with Crippen molar-refractivity contribution in [1.82, 2.24) is 4.90 Å². The molecular formula is C12H25NO2. The molecule has 0 spiro atoms. The molecule has 1 fully saturated rings. The quantitative estimate of drug-likeness (QED) is 0.754. The zero-order valence-electron chi connectivity index (χ0n) is 10.3. The summed E-state index contributed by atoms with van der Waals surface area (Å²) in [6.07, 6.45) is 2.90. The van der Waals surface area contributed by atoms with E-state index in [2.05, 4.69) is 25.8 Å². The predicted molar refractivity (Wildman–Crippen MR) is 61.9 cm³/mol. The molecule has 1 heterocycles. The van der Waals surface area contributed by atoms with Crippen molar-refractivity contribution in [3.8, 4) is 0 Å². The minimum Gasteiger partial charge on any atom is -0.390 e. The second-order valence-corrected chi connectivity index (χ2v) is 4.66. The van der Waals surface area contributed by atoms with E-state index in [4.69, 9.17) is 4.74 Å². The second-order valence-electron chi connectivity index (χ2n) is 4.66. The van der Waals surface area contributed by atoms with E-state index in [0.29, 0.717) is 5.92 Å². The fraction of sp³-hybridized carbons (Fsp3) is 1.00. The van der Waals surface area contributed by atoms with Crippen LogP contribution < -0.4 is 0 Å². The minimum absolute atomic E-state index is 0.0179. The summed E-state index contributed by atoms with van der Waals surface area (Å²) in [5.41, 5.74) is 0. The maximum atomic E-state index is 10.1. The molecule has 15 heavy (non-hydrogen) atoms. The van der Waals surface area contributed by atoms with Crippen LogP contribution in [-0.2, 0) is 4.74 Å². The Morgan fingerprint density at radius 1 is 1.40 bits per heavy atom. The van der Waals surface area contributed by atoms with Crippen LogP contribution >= 0.6 is 0 Å². The Labute approximate surface area is 93.4 Å². The van der Waals surface area contributed by atoms with Crippen LogP contribution in [0.3, 0.4) is 0 Å². The number of aliphatic hydroxyl groups is 1. The molecule has 0 amide bonds. The Kier molecular flexibility index (Phi) is 5.58. The summed E-state index contributed by atoms with van der Waals surface area (Å²) in [5.74, 6) is 0.635. The van der Waals surface area contributed by atoms with E-state index >= 15 is 0 Å². The highest BCUT2D eigenvalue weighted by atomic mass is 16.5. The summed E-state index contributed by atoms with van der Waals surface area (Å²) in [6, 6.07) is 0. The molecule has 0 radical (unpaired) electrons. The maximum Gasteiger partial charge on any atom is 0.0960 e. The third-order valence-corrected chi connectivity index (χ3v) is 3.46. The fourth-order valence-corrected chi connectivity index (χ4v) is 2.16. The summed E-state index contributed by atoms with van der Waals surface area (Å²) < 4.78 is 5.61. The van der Waals surface area contributed by atoms with Gasteiger partial charge in [-0.1, -0.05) is 26.7 Å². The van der Waals surface area contributed by atoms with Gasteiger partial charge in [0.25, 0.3) is 0 Å². The summed E-state index contributed by atoms with van der Waals surface area (Å²) in [4.78, 5) is 2.23. The number of ether oxygens (including phenoxy) is 1. The summed E-state index contributed by atoms with van der Waals surface area (Å²) in [6.45, 7) is 6.97. The van der Waals surface area contributed by atoms with E-state index in [1.807, 2.05) is 0 Å². The second kappa shape index (κ2) is 6.46. The van der Waals surface area contributed by atoms with Crippen LogP contribution in [0.1, 0.15) is 33.1 Å². The predicted octanol–water partition coefficient (Wildman–Crippen LogP) is 1.50. The van der Waals surface area contributed by atoms with E-state index in [-0.39, 0.29) is 12.2 Å². The molecule has 3 nitrogen and oxygen atoms in total. The van der Waals surface area contributed by atoms with E-state index in [0.717, 1.165) is 39.0 Å². The van der Waals surface area contributed by atoms with Crippen molar-refractivity contribution in [3.63, 3.8) is 0 Å². The number of hydrogen-bond donors (Lipinski definition) is 1. The highest BCUT2D eigenvalue weighted by Gasteiger charge is 2.26. The molecule has 0 aromatic heterocycles. The van der Waals surface area contributed by atoms with Gasteiger partial charge in [-0.05, 0) is 19.4 Å². The van der Waals surface area contributed by atoms with Crippen molar-refractivity contribution in [3.05, 3.63) is 0 Å². The van der Waals surface area contributed by atoms with E-state index in [1.165, 1.54) is 0 Å². The fourth-order valence-electron chi connectivity index (χ4n) is 2.16. The van der Waals surface area contributed by atoms with Crippen LogP contribution in [0.4, 0.5) is 0 Å².